The molecule has 124 valence electrons. The van der Waals surface area contributed by atoms with Gasteiger partial charge in [-0.05, 0) is 30.3 Å². The Hall–Kier alpha value is -3.68. The average molecular weight is 336 g/mol. The van der Waals surface area contributed by atoms with Crippen molar-refractivity contribution in [2.24, 2.45) is 4.99 Å². The number of carbonyl (C=O) groups excluding carboxylic acids is 1. The van der Waals surface area contributed by atoms with Crippen LogP contribution in [0, 0.1) is 0 Å². The van der Waals surface area contributed by atoms with Gasteiger partial charge in [-0.15, -0.1) is 0 Å². The summed E-state index contributed by atoms with van der Waals surface area (Å²) >= 11 is 0. The zero-order chi connectivity index (χ0) is 17.4. The van der Waals surface area contributed by atoms with Crippen molar-refractivity contribution in [3.8, 4) is 11.5 Å². The number of hydrogen-bond donors (Lipinski definition) is 2. The van der Waals surface area contributed by atoms with E-state index in [0.29, 0.717) is 28.5 Å². The van der Waals surface area contributed by atoms with Crippen LogP contribution in [0.3, 0.4) is 0 Å². The number of fused-ring (bicyclic) bond motifs is 1. The number of nitrogens with one attached hydrogen (secondary N) is 1. The van der Waals surface area contributed by atoms with E-state index in [4.69, 9.17) is 9.84 Å². The van der Waals surface area contributed by atoms with Gasteiger partial charge in [-0.3, -0.25) is 19.3 Å². The van der Waals surface area contributed by atoms with Gasteiger partial charge in [-0.25, -0.2) is 4.79 Å². The third kappa shape index (κ3) is 2.80. The molecule has 2 aromatic heterocycles. The van der Waals surface area contributed by atoms with Crippen molar-refractivity contribution in [1.29, 1.82) is 0 Å². The van der Waals surface area contributed by atoms with Gasteiger partial charge in [0.2, 0.25) is 5.91 Å². The summed E-state index contributed by atoms with van der Waals surface area (Å²) in [5, 5.41) is 12.5. The Balaban J connectivity index is 1.61. The molecule has 0 aliphatic carbocycles. The normalized spacial score (nSPS) is 13.6. The first kappa shape index (κ1) is 14.9. The molecule has 25 heavy (non-hydrogen) atoms. The van der Waals surface area contributed by atoms with Gasteiger partial charge in [-0.1, -0.05) is 0 Å². The van der Waals surface area contributed by atoms with E-state index in [1.807, 2.05) is 0 Å². The fraction of sp³-hybridized carbons (Fsp3) is 0.0588. The fourth-order valence-electron chi connectivity index (χ4n) is 2.60. The minimum atomic E-state index is -1.04. The summed E-state index contributed by atoms with van der Waals surface area (Å²) < 4.78 is 6.96. The molecule has 1 amide bonds. The van der Waals surface area contributed by atoms with Gasteiger partial charge >= 0.3 is 6.09 Å². The fourth-order valence-corrected chi connectivity index (χ4v) is 2.60. The molecule has 0 saturated heterocycles. The number of pyridine rings is 1. The Morgan fingerprint density at radius 3 is 2.80 bits per heavy atom. The molecule has 1 aromatic carbocycles. The van der Waals surface area contributed by atoms with Crippen molar-refractivity contribution >= 4 is 28.7 Å². The molecule has 0 fully saturated rings. The van der Waals surface area contributed by atoms with Crippen LogP contribution in [0.5, 0.6) is 11.5 Å². The zero-order valence-corrected chi connectivity index (χ0v) is 12.8. The van der Waals surface area contributed by atoms with Gasteiger partial charge in [-0.2, -0.15) is 0 Å². The third-order valence-electron chi connectivity index (χ3n) is 3.72. The van der Waals surface area contributed by atoms with Gasteiger partial charge in [0.15, 0.2) is 5.84 Å². The van der Waals surface area contributed by atoms with Gasteiger partial charge in [0.05, 0.1) is 5.52 Å². The van der Waals surface area contributed by atoms with Crippen LogP contribution in [0.1, 0.15) is 5.69 Å². The lowest BCUT2D eigenvalue weighted by Crippen LogP contribution is -2.25. The van der Waals surface area contributed by atoms with Crippen LogP contribution in [-0.2, 0) is 4.79 Å². The van der Waals surface area contributed by atoms with E-state index in [9.17, 15) is 9.59 Å². The highest BCUT2D eigenvalue weighted by molar-refractivity contribution is 6.11. The molecule has 0 bridgehead atoms. The third-order valence-corrected chi connectivity index (χ3v) is 3.72. The van der Waals surface area contributed by atoms with E-state index in [0.717, 1.165) is 9.95 Å². The molecule has 4 rings (SSSR count). The summed E-state index contributed by atoms with van der Waals surface area (Å²) in [4.78, 5) is 30.6. The maximum Gasteiger partial charge on any atom is 0.415 e. The van der Waals surface area contributed by atoms with Crippen molar-refractivity contribution < 1.29 is 19.4 Å². The van der Waals surface area contributed by atoms with E-state index in [-0.39, 0.29) is 12.5 Å². The number of hydrogen-bond acceptors (Lipinski definition) is 5. The average Bonchev–Trinajstić information content (AvgIpc) is 3.21. The number of benzene rings is 1. The Labute approximate surface area is 141 Å². The zero-order valence-electron chi connectivity index (χ0n) is 12.8. The van der Waals surface area contributed by atoms with Gasteiger partial charge < -0.3 is 15.2 Å². The van der Waals surface area contributed by atoms with Crippen LogP contribution < -0.4 is 10.1 Å². The number of amidine groups is 1. The molecule has 0 unspecified atom stereocenters. The van der Waals surface area contributed by atoms with E-state index in [2.05, 4.69) is 15.3 Å². The molecule has 1 aliphatic heterocycles. The molecule has 8 nitrogen and oxygen atoms in total. The first-order chi connectivity index (χ1) is 12.1. The molecule has 1 aliphatic rings. The standard InChI is InChI=1S/C17H12N4O4/c22-15-9-19-16(20-15)13-8-12(3-5-18-13)25-11-1-2-14-10(7-11)4-6-21(14)17(23)24/h1-8H,9H2,(H,23,24)(H,19,20,22). The minimum absolute atomic E-state index is 0.0966. The second kappa shape index (κ2) is 5.75. The Kier molecular flexibility index (Phi) is 3.42. The van der Waals surface area contributed by atoms with Gasteiger partial charge in [0.1, 0.15) is 23.7 Å². The van der Waals surface area contributed by atoms with Crippen molar-refractivity contribution in [3.05, 3.63) is 54.5 Å². The number of carboxylic acid groups (broad SMARTS) is 1. The van der Waals surface area contributed by atoms with Crippen molar-refractivity contribution in [2.75, 3.05) is 6.54 Å². The predicted molar refractivity (Wildman–Crippen MR) is 89.2 cm³/mol. The van der Waals surface area contributed by atoms with Crippen molar-refractivity contribution in [2.45, 2.75) is 0 Å². The number of rotatable bonds is 3. The van der Waals surface area contributed by atoms with Crippen LogP contribution in [0.4, 0.5) is 4.79 Å². The molecule has 2 N–H and O–H groups in total. The molecule has 0 radical (unpaired) electrons. The van der Waals surface area contributed by atoms with Crippen LogP contribution >= 0.6 is 0 Å². The minimum Gasteiger partial charge on any atom is -0.464 e. The topological polar surface area (TPSA) is 106 Å². The molecular weight excluding hydrogens is 324 g/mol. The first-order valence-corrected chi connectivity index (χ1v) is 7.43. The highest BCUT2D eigenvalue weighted by Gasteiger charge is 2.16. The summed E-state index contributed by atoms with van der Waals surface area (Å²) in [6.45, 7) is 0.0966. The Morgan fingerprint density at radius 1 is 1.20 bits per heavy atom. The number of nitrogens with zero attached hydrogens (tertiary/aromatic N) is 3. The Morgan fingerprint density at radius 2 is 2.04 bits per heavy atom. The van der Waals surface area contributed by atoms with Gasteiger partial charge in [0, 0.05) is 23.8 Å². The summed E-state index contributed by atoms with van der Waals surface area (Å²) in [6.07, 6.45) is 2.01. The molecular formula is C17H12N4O4. The molecule has 8 heteroatoms. The van der Waals surface area contributed by atoms with Crippen LogP contribution in [0.25, 0.3) is 10.9 Å². The van der Waals surface area contributed by atoms with Crippen molar-refractivity contribution in [1.82, 2.24) is 14.9 Å². The number of aliphatic imine (C=N–C) groups is 1. The summed E-state index contributed by atoms with van der Waals surface area (Å²) in [6, 6.07) is 10.2. The highest BCUT2D eigenvalue weighted by atomic mass is 16.5. The van der Waals surface area contributed by atoms with Crippen molar-refractivity contribution in [3.63, 3.8) is 0 Å². The highest BCUT2D eigenvalue weighted by Crippen LogP contribution is 2.26. The molecule has 0 spiro atoms. The second-order valence-corrected chi connectivity index (χ2v) is 5.38. The number of carbonyl (C=O) groups is 2. The van der Waals surface area contributed by atoms with Crippen LogP contribution in [-0.4, -0.2) is 39.0 Å². The largest absolute Gasteiger partial charge is 0.464 e. The predicted octanol–water partition coefficient (Wildman–Crippen LogP) is 2.23. The maximum atomic E-state index is 11.2. The quantitative estimate of drug-likeness (QED) is 0.763. The number of ether oxygens (including phenoxy) is 1. The lowest BCUT2D eigenvalue weighted by Gasteiger charge is -2.08. The lowest BCUT2D eigenvalue weighted by molar-refractivity contribution is -0.117. The smallest absolute Gasteiger partial charge is 0.415 e. The maximum absolute atomic E-state index is 11.2. The number of aromatic nitrogens is 2. The summed E-state index contributed by atoms with van der Waals surface area (Å²) in [7, 11) is 0. The molecule has 3 heterocycles. The van der Waals surface area contributed by atoms with Gasteiger partial charge in [0.25, 0.3) is 0 Å². The van der Waals surface area contributed by atoms with E-state index < -0.39 is 6.09 Å². The molecule has 3 aromatic rings. The van der Waals surface area contributed by atoms with Crippen LogP contribution in [0.15, 0.2) is 53.8 Å². The summed E-state index contributed by atoms with van der Waals surface area (Å²) in [5.74, 6) is 1.34. The lowest BCUT2D eigenvalue weighted by atomic mass is 10.2. The monoisotopic (exact) mass is 336 g/mol. The van der Waals surface area contributed by atoms with E-state index in [1.54, 1.807) is 42.6 Å². The molecule has 0 saturated carbocycles. The van der Waals surface area contributed by atoms with E-state index in [1.165, 1.54) is 6.20 Å². The summed E-state index contributed by atoms with van der Waals surface area (Å²) in [5.41, 5.74) is 1.10. The van der Waals surface area contributed by atoms with E-state index >= 15 is 0 Å². The number of amides is 1. The first-order valence-electron chi connectivity index (χ1n) is 7.43. The second-order valence-electron chi connectivity index (χ2n) is 5.38. The van der Waals surface area contributed by atoms with Crippen LogP contribution in [0.2, 0.25) is 0 Å². The Bertz CT molecular complexity index is 1040. The molecule has 0 atom stereocenters. The SMILES string of the molecule is O=C1CN=C(c2cc(Oc3ccc4c(ccn4C(=O)O)c3)ccn2)N1.